The number of nitrogens with one attached hydrogen (secondary N) is 1. The van der Waals surface area contributed by atoms with E-state index in [2.05, 4.69) is 53.5 Å². The number of benzene rings is 5. The Balaban J connectivity index is 1.22. The van der Waals surface area contributed by atoms with Gasteiger partial charge in [-0.2, -0.15) is 0 Å². The molecule has 7 unspecified atom stereocenters. The van der Waals surface area contributed by atoms with Crippen LogP contribution in [0.25, 0.3) is 16.8 Å². The van der Waals surface area contributed by atoms with Crippen molar-refractivity contribution in [3.63, 3.8) is 0 Å². The van der Waals surface area contributed by atoms with Gasteiger partial charge in [0.2, 0.25) is 0 Å². The minimum absolute atomic E-state index is 0.0309. The third-order valence-electron chi connectivity index (χ3n) is 15.7. The highest BCUT2D eigenvalue weighted by Gasteiger charge is 2.35. The Morgan fingerprint density at radius 3 is 2.57 bits per heavy atom. The van der Waals surface area contributed by atoms with Gasteiger partial charge in [-0.1, -0.05) is 85.7 Å². The molecule has 0 saturated carbocycles. The predicted molar refractivity (Wildman–Crippen MR) is 301 cm³/mol. The number of rotatable bonds is 14. The maximum absolute atomic E-state index is 14.3. The van der Waals surface area contributed by atoms with Gasteiger partial charge in [-0.3, -0.25) is 9.79 Å². The summed E-state index contributed by atoms with van der Waals surface area (Å²) in [5.41, 5.74) is 14.0. The van der Waals surface area contributed by atoms with Crippen molar-refractivity contribution >= 4 is 34.3 Å². The second kappa shape index (κ2) is 24.8. The molecule has 0 spiro atoms. The molecule has 0 fully saturated rings. The second-order valence-corrected chi connectivity index (χ2v) is 20.8. The van der Waals surface area contributed by atoms with Crippen molar-refractivity contribution < 1.29 is 49.3 Å². The fourth-order valence-corrected chi connectivity index (χ4v) is 11.6. The first kappa shape index (κ1) is 54.4. The number of fused-ring (bicyclic) bond motifs is 7. The summed E-state index contributed by atoms with van der Waals surface area (Å²) in [6.07, 6.45) is 16.0. The molecule has 6 aliphatic rings. The Hall–Kier alpha value is -7.34. The van der Waals surface area contributed by atoms with Crippen molar-refractivity contribution in [1.82, 2.24) is 0 Å². The third-order valence-corrected chi connectivity index (χ3v) is 15.7. The van der Waals surface area contributed by atoms with Gasteiger partial charge in [0.1, 0.15) is 36.1 Å². The molecule has 13 nitrogen and oxygen atoms in total. The highest BCUT2D eigenvalue weighted by Crippen LogP contribution is 2.49. The number of phenols is 1. The lowest BCUT2D eigenvalue weighted by Gasteiger charge is -2.31. The second-order valence-electron chi connectivity index (χ2n) is 20.8. The molecule has 402 valence electrons. The number of Topliss-reactive ketones (excluding diaryl/α,β-unsaturated/α-hetero) is 1. The van der Waals surface area contributed by atoms with E-state index in [1.165, 1.54) is 0 Å². The topological polar surface area (TPSA) is 206 Å². The molecule has 13 heteroatoms. The maximum Gasteiger partial charge on any atom is 0.192 e. The molecule has 8 N–H and O–H groups in total. The Labute approximate surface area is 451 Å². The van der Waals surface area contributed by atoms with Gasteiger partial charge >= 0.3 is 0 Å². The fourth-order valence-electron chi connectivity index (χ4n) is 11.6. The number of aliphatic hydroxyl groups excluding tert-OH is 3. The summed E-state index contributed by atoms with van der Waals surface area (Å²) >= 11 is 0. The first-order valence-corrected chi connectivity index (χ1v) is 26.9. The van der Waals surface area contributed by atoms with E-state index in [4.69, 9.17) is 24.7 Å². The number of nitrogens with two attached hydrogens (primary N) is 1. The number of carbonyl (C=O) groups excluding carboxylic acids is 1. The van der Waals surface area contributed by atoms with Crippen molar-refractivity contribution in [2.45, 2.75) is 102 Å². The van der Waals surface area contributed by atoms with Crippen LogP contribution in [-0.2, 0) is 40.1 Å². The molecule has 2 aliphatic carbocycles. The zero-order valence-corrected chi connectivity index (χ0v) is 44.4. The quantitative estimate of drug-likeness (QED) is 0.0182. The number of allylic oxidation sites excluding steroid dienone is 5. The van der Waals surface area contributed by atoms with E-state index in [0.717, 1.165) is 44.5 Å². The molecule has 4 heterocycles. The summed E-state index contributed by atoms with van der Waals surface area (Å²) in [5.74, 6) is 2.58. The minimum atomic E-state index is -1.92. The number of hydrogen-bond acceptors (Lipinski definition) is 11. The number of aryl methyl sites for hydroxylation is 2. The van der Waals surface area contributed by atoms with Gasteiger partial charge in [0.25, 0.3) is 0 Å². The molecule has 0 aromatic heterocycles. The zero-order chi connectivity index (χ0) is 54.2. The lowest BCUT2D eigenvalue weighted by molar-refractivity contribution is -0.121. The standard InChI is InChI=1S/C64H71N3O10/c1-5-75-24-22-40-8-6-10-43(26-40)50-20-17-44-30-45(27-42(36-68)14-13-39-9-7-11-47(28-39)67-64(65)66-3)46(32-57(44)70)31-49-33-48(69)18-15-41-16-21-59(74-4)60(29-41)77-37-56-51-19-12-38(2)53-35-58(71)62(52(50)23-25-76-49)55(61(51)53)34-54(56)63(72)73/h6-12,16-17,19-21,26,28-30,32,34-35,38,42,45-46,49-50,52,63,68,70-73H,5,13-15,18,22,24,27,31,33,36-37H2,1-4H3,(H3,65,66,67). The van der Waals surface area contributed by atoms with E-state index in [0.29, 0.717) is 91.3 Å². The molecule has 0 amide bonds. The van der Waals surface area contributed by atoms with Gasteiger partial charge < -0.3 is 55.5 Å². The van der Waals surface area contributed by atoms with Crippen LogP contribution in [0.15, 0.2) is 126 Å². The van der Waals surface area contributed by atoms with E-state index in [1.54, 1.807) is 32.4 Å². The summed E-state index contributed by atoms with van der Waals surface area (Å²) in [5, 5.41) is 62.8. The number of methoxy groups -OCH3 is 1. The first-order valence-electron chi connectivity index (χ1n) is 26.9. The largest absolute Gasteiger partial charge is 0.508 e. The average Bonchev–Trinajstić information content (AvgIpc) is 3.55. The molecule has 5 aromatic carbocycles. The number of hydrogen-bond donors (Lipinski definition) is 7. The van der Waals surface area contributed by atoms with Gasteiger partial charge in [-0.25, -0.2) is 0 Å². The summed E-state index contributed by atoms with van der Waals surface area (Å²) in [7, 11) is 3.18. The van der Waals surface area contributed by atoms with Crippen molar-refractivity contribution in [2.75, 3.05) is 39.3 Å². The summed E-state index contributed by atoms with van der Waals surface area (Å²) in [6.45, 7) is 5.02. The first-order chi connectivity index (χ1) is 37.3. The van der Waals surface area contributed by atoms with Crippen LogP contribution in [0.1, 0.15) is 120 Å². The fraction of sp³-hybridized carbons (Fsp3) is 0.375. The molecule has 11 rings (SSSR count). The molecule has 7 atom stereocenters. The molecule has 0 saturated heterocycles. The van der Waals surface area contributed by atoms with Gasteiger partial charge in [-0.15, -0.1) is 0 Å². The monoisotopic (exact) mass is 1040 g/mol. The SMILES string of the molecule is CCOCCc1cccc(C2C=CC3=CC(CC(CO)CCc4cccc(NC(N)=NC)c4)C(C=C3O)CC3CC(=O)CCc4ccc(OC)c(c4)OCc4c(C(O)O)cc5c(c(O)cc6c5c4C=CC6C)C2C#CO3)c1. The van der Waals surface area contributed by atoms with Crippen LogP contribution in [-0.4, -0.2) is 77.4 Å². The third kappa shape index (κ3) is 12.6. The smallest absolute Gasteiger partial charge is 0.192 e. The number of aromatic hydroxyl groups is 1. The Bertz CT molecular complexity index is 3200. The number of aliphatic hydroxyl groups is 4. The van der Waals surface area contributed by atoms with Crippen LogP contribution in [0.2, 0.25) is 0 Å². The van der Waals surface area contributed by atoms with Gasteiger partial charge in [0.15, 0.2) is 23.7 Å². The van der Waals surface area contributed by atoms with E-state index in [9.17, 15) is 30.3 Å². The van der Waals surface area contributed by atoms with Crippen LogP contribution < -0.4 is 20.5 Å². The van der Waals surface area contributed by atoms with Crippen LogP contribution in [0.4, 0.5) is 5.69 Å². The van der Waals surface area contributed by atoms with Gasteiger partial charge in [0.05, 0.1) is 19.6 Å². The number of guanidine groups is 1. The minimum Gasteiger partial charge on any atom is -0.508 e. The highest BCUT2D eigenvalue weighted by molar-refractivity contribution is 6.01. The number of anilines is 1. The van der Waals surface area contributed by atoms with Crippen molar-refractivity contribution in [3.8, 4) is 29.3 Å². The molecule has 77 heavy (non-hydrogen) atoms. The summed E-state index contributed by atoms with van der Waals surface area (Å²) < 4.78 is 24.8. The Morgan fingerprint density at radius 2 is 1.79 bits per heavy atom. The summed E-state index contributed by atoms with van der Waals surface area (Å²) in [6, 6.07) is 25.3. The lowest BCUT2D eigenvalue weighted by atomic mass is 9.74. The van der Waals surface area contributed by atoms with Crippen LogP contribution in [0.5, 0.6) is 17.2 Å². The van der Waals surface area contributed by atoms with Crippen molar-refractivity contribution in [2.24, 2.45) is 28.5 Å². The number of phenolic OH excluding ortho intramolecular Hbond substituents is 1. The molecular formula is C64H71N3O10. The van der Waals surface area contributed by atoms with E-state index >= 15 is 0 Å². The average molecular weight is 1040 g/mol. The van der Waals surface area contributed by atoms with Crippen molar-refractivity contribution in [1.29, 1.82) is 0 Å². The van der Waals surface area contributed by atoms with Crippen LogP contribution >= 0.6 is 0 Å². The number of ketones is 1. The van der Waals surface area contributed by atoms with Crippen LogP contribution in [0, 0.1) is 29.8 Å². The van der Waals surface area contributed by atoms with Crippen LogP contribution in [0.3, 0.4) is 0 Å². The number of ether oxygens (including phenoxy) is 4. The number of aliphatic imine (C=N–C) groups is 1. The highest BCUT2D eigenvalue weighted by atomic mass is 16.5. The number of nitrogens with zero attached hydrogens (tertiary/aromatic N) is 1. The van der Waals surface area contributed by atoms with Gasteiger partial charge in [0, 0.05) is 72.9 Å². The lowest BCUT2D eigenvalue weighted by Crippen LogP contribution is -2.27. The molecular weight excluding hydrogens is 971 g/mol. The maximum atomic E-state index is 14.3. The van der Waals surface area contributed by atoms with Crippen molar-refractivity contribution in [3.05, 3.63) is 171 Å². The van der Waals surface area contributed by atoms with E-state index < -0.39 is 24.2 Å². The van der Waals surface area contributed by atoms with Gasteiger partial charge in [-0.05, 0) is 150 Å². The Morgan fingerprint density at radius 1 is 0.974 bits per heavy atom. The molecule has 0 radical (unpaired) electrons. The summed E-state index contributed by atoms with van der Waals surface area (Å²) in [4.78, 5) is 18.3. The molecule has 10 bridgehead atoms. The molecule has 4 aliphatic heterocycles. The predicted octanol–water partition coefficient (Wildman–Crippen LogP) is 10.5. The zero-order valence-electron chi connectivity index (χ0n) is 44.4. The number of carbonyl (C=O) groups is 1. The van der Waals surface area contributed by atoms with E-state index in [1.807, 2.05) is 79.8 Å². The normalized spacial score (nSPS) is 21.7. The Kier molecular flexibility index (Phi) is 17.5. The molecule has 5 aromatic rings. The van der Waals surface area contributed by atoms with E-state index in [-0.39, 0.29) is 72.6 Å².